The standard InChI is InChI=1S/C20H28N4O/c1-14(12-18-15(2)22-23-16(18)3)20(25)21-13-17-8-4-5-9-19(17)24-10-6-7-11-24/h4-5,8-9,14H,6-7,10-13H2,1-3H3,(H,21,25)(H,22,23)/t14-/m1/s1. The summed E-state index contributed by atoms with van der Waals surface area (Å²) in [4.78, 5) is 15.0. The number of nitrogens with zero attached hydrogens (tertiary/aromatic N) is 2. The van der Waals surface area contributed by atoms with Crippen molar-refractivity contribution in [3.8, 4) is 0 Å². The summed E-state index contributed by atoms with van der Waals surface area (Å²) in [7, 11) is 0. The quantitative estimate of drug-likeness (QED) is 0.849. The van der Waals surface area contributed by atoms with E-state index in [0.29, 0.717) is 13.0 Å². The van der Waals surface area contributed by atoms with Crippen molar-refractivity contribution in [2.45, 2.75) is 46.6 Å². The van der Waals surface area contributed by atoms with E-state index in [0.717, 1.165) is 30.0 Å². The van der Waals surface area contributed by atoms with Gasteiger partial charge in [0.25, 0.3) is 0 Å². The summed E-state index contributed by atoms with van der Waals surface area (Å²) in [5, 5.41) is 10.3. The third-order valence-corrected chi connectivity index (χ3v) is 5.13. The Bertz CT molecular complexity index is 712. The van der Waals surface area contributed by atoms with Gasteiger partial charge in [0.05, 0.1) is 5.69 Å². The van der Waals surface area contributed by atoms with Crippen molar-refractivity contribution in [2.24, 2.45) is 5.92 Å². The Kier molecular flexibility index (Phi) is 5.41. The average molecular weight is 340 g/mol. The summed E-state index contributed by atoms with van der Waals surface area (Å²) in [5.41, 5.74) is 5.64. The van der Waals surface area contributed by atoms with Crippen LogP contribution in [0.3, 0.4) is 0 Å². The Morgan fingerprint density at radius 2 is 2.00 bits per heavy atom. The number of benzene rings is 1. The molecule has 1 atom stereocenters. The predicted octanol–water partition coefficient (Wildman–Crippen LogP) is 3.12. The van der Waals surface area contributed by atoms with Gasteiger partial charge in [-0.1, -0.05) is 25.1 Å². The van der Waals surface area contributed by atoms with E-state index in [2.05, 4.69) is 38.6 Å². The second kappa shape index (κ2) is 7.72. The number of rotatable bonds is 6. The second-order valence-electron chi connectivity index (χ2n) is 7.06. The lowest BCUT2D eigenvalue weighted by Gasteiger charge is -2.22. The number of amides is 1. The van der Waals surface area contributed by atoms with Gasteiger partial charge in [0, 0.05) is 36.9 Å². The normalized spacial score (nSPS) is 15.4. The zero-order chi connectivity index (χ0) is 17.8. The Morgan fingerprint density at radius 1 is 1.28 bits per heavy atom. The van der Waals surface area contributed by atoms with Crippen LogP contribution in [0, 0.1) is 19.8 Å². The van der Waals surface area contributed by atoms with Crippen LogP contribution in [0.4, 0.5) is 5.69 Å². The average Bonchev–Trinajstić information content (AvgIpc) is 3.25. The second-order valence-corrected chi connectivity index (χ2v) is 7.06. The number of nitrogens with one attached hydrogen (secondary N) is 2. The number of aromatic amines is 1. The van der Waals surface area contributed by atoms with Crippen LogP contribution in [0.15, 0.2) is 24.3 Å². The summed E-state index contributed by atoms with van der Waals surface area (Å²) in [6.45, 7) is 8.77. The number of aromatic nitrogens is 2. The largest absolute Gasteiger partial charge is 0.371 e. The van der Waals surface area contributed by atoms with Gasteiger partial charge in [-0.15, -0.1) is 0 Å². The molecular formula is C20H28N4O. The van der Waals surface area contributed by atoms with E-state index in [9.17, 15) is 4.79 Å². The molecule has 0 unspecified atom stereocenters. The molecule has 5 heteroatoms. The maximum Gasteiger partial charge on any atom is 0.223 e. The highest BCUT2D eigenvalue weighted by Gasteiger charge is 2.19. The topological polar surface area (TPSA) is 61.0 Å². The number of para-hydroxylation sites is 1. The molecule has 5 nitrogen and oxygen atoms in total. The van der Waals surface area contributed by atoms with E-state index in [4.69, 9.17) is 0 Å². The Labute approximate surface area is 149 Å². The third-order valence-electron chi connectivity index (χ3n) is 5.13. The fourth-order valence-corrected chi connectivity index (χ4v) is 3.56. The molecule has 0 bridgehead atoms. The molecule has 2 heterocycles. The van der Waals surface area contributed by atoms with E-state index in [1.165, 1.54) is 24.1 Å². The van der Waals surface area contributed by atoms with Crippen molar-refractivity contribution < 1.29 is 4.79 Å². The lowest BCUT2D eigenvalue weighted by atomic mass is 9.99. The number of carbonyl (C=O) groups excluding carboxylic acids is 1. The van der Waals surface area contributed by atoms with E-state index >= 15 is 0 Å². The molecule has 1 aromatic heterocycles. The smallest absolute Gasteiger partial charge is 0.223 e. The highest BCUT2D eigenvalue weighted by molar-refractivity contribution is 5.78. The zero-order valence-corrected chi connectivity index (χ0v) is 15.4. The van der Waals surface area contributed by atoms with Gasteiger partial charge in [0.2, 0.25) is 5.91 Å². The van der Waals surface area contributed by atoms with Crippen LogP contribution in [0.5, 0.6) is 0 Å². The number of hydrogen-bond donors (Lipinski definition) is 2. The van der Waals surface area contributed by atoms with Crippen molar-refractivity contribution in [1.29, 1.82) is 0 Å². The molecular weight excluding hydrogens is 312 g/mol. The molecule has 3 rings (SSSR count). The van der Waals surface area contributed by atoms with Gasteiger partial charge in [-0.2, -0.15) is 5.10 Å². The molecule has 1 saturated heterocycles. The van der Waals surface area contributed by atoms with Crippen molar-refractivity contribution in [1.82, 2.24) is 15.5 Å². The highest BCUT2D eigenvalue weighted by atomic mass is 16.1. The zero-order valence-electron chi connectivity index (χ0n) is 15.4. The van der Waals surface area contributed by atoms with Crippen LogP contribution in [0.25, 0.3) is 0 Å². The monoisotopic (exact) mass is 340 g/mol. The van der Waals surface area contributed by atoms with Gasteiger partial charge >= 0.3 is 0 Å². The Morgan fingerprint density at radius 3 is 2.68 bits per heavy atom. The van der Waals surface area contributed by atoms with Crippen LogP contribution in [0.1, 0.15) is 42.3 Å². The molecule has 134 valence electrons. The molecule has 1 aliphatic rings. The fraction of sp³-hybridized carbons (Fsp3) is 0.500. The highest BCUT2D eigenvalue weighted by Crippen LogP contribution is 2.24. The number of hydrogen-bond acceptors (Lipinski definition) is 3. The predicted molar refractivity (Wildman–Crippen MR) is 101 cm³/mol. The first-order valence-electron chi connectivity index (χ1n) is 9.17. The summed E-state index contributed by atoms with van der Waals surface area (Å²) >= 11 is 0. The minimum absolute atomic E-state index is 0.0750. The Hall–Kier alpha value is -2.30. The number of H-pyrrole nitrogens is 1. The van der Waals surface area contributed by atoms with Crippen LogP contribution < -0.4 is 10.2 Å². The third kappa shape index (κ3) is 4.03. The number of aryl methyl sites for hydroxylation is 2. The van der Waals surface area contributed by atoms with E-state index in [1.807, 2.05) is 26.8 Å². The minimum Gasteiger partial charge on any atom is -0.371 e. The lowest BCUT2D eigenvalue weighted by molar-refractivity contribution is -0.124. The van der Waals surface area contributed by atoms with Crippen molar-refractivity contribution in [3.63, 3.8) is 0 Å². The van der Waals surface area contributed by atoms with Crippen LogP contribution in [-0.2, 0) is 17.8 Å². The van der Waals surface area contributed by atoms with E-state index in [-0.39, 0.29) is 11.8 Å². The van der Waals surface area contributed by atoms with Gasteiger partial charge in [-0.05, 0) is 50.3 Å². The summed E-state index contributed by atoms with van der Waals surface area (Å²) in [5.74, 6) is 0.0187. The van der Waals surface area contributed by atoms with Gasteiger partial charge < -0.3 is 10.2 Å². The Balaban J connectivity index is 1.60. The summed E-state index contributed by atoms with van der Waals surface area (Å²) in [6.07, 6.45) is 3.22. The molecule has 0 spiro atoms. The van der Waals surface area contributed by atoms with Crippen molar-refractivity contribution in [3.05, 3.63) is 46.8 Å². The van der Waals surface area contributed by atoms with Gasteiger partial charge in [0.1, 0.15) is 0 Å². The molecule has 1 aromatic carbocycles. The first-order chi connectivity index (χ1) is 12.1. The fourth-order valence-electron chi connectivity index (χ4n) is 3.56. The number of carbonyl (C=O) groups is 1. The van der Waals surface area contributed by atoms with Crippen LogP contribution >= 0.6 is 0 Å². The number of anilines is 1. The maximum atomic E-state index is 12.5. The molecule has 2 N–H and O–H groups in total. The SMILES string of the molecule is Cc1n[nH]c(C)c1C[C@@H](C)C(=O)NCc1ccccc1N1CCCC1. The van der Waals surface area contributed by atoms with Gasteiger partial charge in [0.15, 0.2) is 0 Å². The molecule has 25 heavy (non-hydrogen) atoms. The first-order valence-corrected chi connectivity index (χ1v) is 9.17. The maximum absolute atomic E-state index is 12.5. The molecule has 1 amide bonds. The molecule has 2 aromatic rings. The first kappa shape index (κ1) is 17.5. The van der Waals surface area contributed by atoms with E-state index in [1.54, 1.807) is 0 Å². The van der Waals surface area contributed by atoms with Gasteiger partial charge in [-0.3, -0.25) is 9.89 Å². The summed E-state index contributed by atoms with van der Waals surface area (Å²) < 4.78 is 0. The molecule has 0 aliphatic carbocycles. The van der Waals surface area contributed by atoms with Crippen LogP contribution in [-0.4, -0.2) is 29.2 Å². The van der Waals surface area contributed by atoms with Crippen molar-refractivity contribution >= 4 is 11.6 Å². The molecule has 0 saturated carbocycles. The minimum atomic E-state index is -0.0750. The van der Waals surface area contributed by atoms with Crippen molar-refractivity contribution in [2.75, 3.05) is 18.0 Å². The van der Waals surface area contributed by atoms with Crippen LogP contribution in [0.2, 0.25) is 0 Å². The summed E-state index contributed by atoms with van der Waals surface area (Å²) in [6, 6.07) is 8.39. The molecule has 0 radical (unpaired) electrons. The molecule has 1 fully saturated rings. The molecule has 1 aliphatic heterocycles. The van der Waals surface area contributed by atoms with E-state index < -0.39 is 0 Å². The van der Waals surface area contributed by atoms with Gasteiger partial charge in [-0.25, -0.2) is 0 Å². The lowest BCUT2D eigenvalue weighted by Crippen LogP contribution is -2.31.